The van der Waals surface area contributed by atoms with E-state index in [4.69, 9.17) is 5.73 Å². The van der Waals surface area contributed by atoms with Crippen molar-refractivity contribution in [1.29, 1.82) is 0 Å². The van der Waals surface area contributed by atoms with Gasteiger partial charge >= 0.3 is 0 Å². The van der Waals surface area contributed by atoms with E-state index in [9.17, 15) is 14.0 Å². The molecule has 1 fully saturated rings. The number of carbonyl (C=O) groups excluding carboxylic acids is 2. The number of benzene rings is 2. The lowest BCUT2D eigenvalue weighted by molar-refractivity contribution is -0.122. The van der Waals surface area contributed by atoms with Crippen LogP contribution in [0.15, 0.2) is 48.5 Å². The highest BCUT2D eigenvalue weighted by Gasteiger charge is 2.29. The Hall–Kier alpha value is -2.73. The average molecular weight is 355 g/mol. The van der Waals surface area contributed by atoms with Crippen LogP contribution in [0.5, 0.6) is 0 Å². The van der Waals surface area contributed by atoms with Gasteiger partial charge in [-0.1, -0.05) is 30.3 Å². The number of para-hydroxylation sites is 1. The second-order valence-corrected chi connectivity index (χ2v) is 6.54. The molecular weight excluding hydrogens is 333 g/mol. The Morgan fingerprint density at radius 2 is 2.00 bits per heavy atom. The zero-order chi connectivity index (χ0) is 18.5. The van der Waals surface area contributed by atoms with Gasteiger partial charge in [-0.05, 0) is 48.7 Å². The minimum Gasteiger partial charge on any atom is -0.368 e. The van der Waals surface area contributed by atoms with Crippen LogP contribution in [-0.4, -0.2) is 29.3 Å². The van der Waals surface area contributed by atoms with Gasteiger partial charge in [0.25, 0.3) is 0 Å². The van der Waals surface area contributed by atoms with Crippen molar-refractivity contribution in [2.24, 2.45) is 5.73 Å². The van der Waals surface area contributed by atoms with Crippen LogP contribution in [0, 0.1) is 5.82 Å². The van der Waals surface area contributed by atoms with E-state index in [1.807, 2.05) is 29.2 Å². The molecule has 1 aliphatic heterocycles. The molecule has 1 saturated heterocycles. The van der Waals surface area contributed by atoms with E-state index in [0.717, 1.165) is 24.9 Å². The largest absolute Gasteiger partial charge is 0.368 e. The monoisotopic (exact) mass is 355 g/mol. The van der Waals surface area contributed by atoms with Gasteiger partial charge in [-0.2, -0.15) is 0 Å². The second kappa shape index (κ2) is 8.10. The first kappa shape index (κ1) is 18.1. The van der Waals surface area contributed by atoms with Crippen molar-refractivity contribution in [3.05, 3.63) is 65.5 Å². The molecule has 1 atom stereocenters. The Morgan fingerprint density at radius 3 is 2.77 bits per heavy atom. The van der Waals surface area contributed by atoms with Crippen LogP contribution in [0.3, 0.4) is 0 Å². The molecule has 3 N–H and O–H groups in total. The van der Waals surface area contributed by atoms with Gasteiger partial charge in [0.15, 0.2) is 0 Å². The number of halogens is 1. The Kier molecular flexibility index (Phi) is 5.63. The normalized spacial score (nSPS) is 17.2. The molecule has 26 heavy (non-hydrogen) atoms. The number of nitrogens with one attached hydrogen (secondary N) is 1. The van der Waals surface area contributed by atoms with Crippen LogP contribution < -0.4 is 11.1 Å². The van der Waals surface area contributed by atoms with Crippen molar-refractivity contribution in [3.8, 4) is 0 Å². The van der Waals surface area contributed by atoms with E-state index >= 15 is 0 Å². The molecule has 0 unspecified atom stereocenters. The average Bonchev–Trinajstić information content (AvgIpc) is 3.05. The van der Waals surface area contributed by atoms with Crippen molar-refractivity contribution in [2.45, 2.75) is 31.8 Å². The summed E-state index contributed by atoms with van der Waals surface area (Å²) in [6, 6.07) is 13.2. The minimum atomic E-state index is -0.359. The smallest absolute Gasteiger partial charge is 0.234 e. The van der Waals surface area contributed by atoms with Crippen LogP contribution in [0.2, 0.25) is 0 Å². The summed E-state index contributed by atoms with van der Waals surface area (Å²) in [4.78, 5) is 26.0. The summed E-state index contributed by atoms with van der Waals surface area (Å²) in [5.74, 6) is -0.881. The van der Waals surface area contributed by atoms with E-state index in [2.05, 4.69) is 5.32 Å². The summed E-state index contributed by atoms with van der Waals surface area (Å²) in [6.07, 6.45) is 1.80. The third kappa shape index (κ3) is 4.46. The summed E-state index contributed by atoms with van der Waals surface area (Å²) in [5.41, 5.74) is 7.72. The highest BCUT2D eigenvalue weighted by Crippen LogP contribution is 2.24. The van der Waals surface area contributed by atoms with Gasteiger partial charge in [-0.15, -0.1) is 0 Å². The zero-order valence-corrected chi connectivity index (χ0v) is 14.5. The Morgan fingerprint density at radius 1 is 1.19 bits per heavy atom. The quantitative estimate of drug-likeness (QED) is 0.836. The molecule has 2 aromatic carbocycles. The lowest BCUT2D eigenvalue weighted by atomic mass is 10.1. The lowest BCUT2D eigenvalue weighted by Gasteiger charge is -2.23. The number of hydrogen-bond donors (Lipinski definition) is 2. The number of hydrogen-bond acceptors (Lipinski definition) is 3. The van der Waals surface area contributed by atoms with E-state index in [1.54, 1.807) is 12.1 Å². The number of carbonyl (C=O) groups is 2. The van der Waals surface area contributed by atoms with Gasteiger partial charge in [0, 0.05) is 12.2 Å². The maximum atomic E-state index is 13.3. The van der Waals surface area contributed by atoms with Crippen LogP contribution in [0.4, 0.5) is 10.1 Å². The highest BCUT2D eigenvalue weighted by molar-refractivity contribution is 5.93. The number of amides is 2. The van der Waals surface area contributed by atoms with Gasteiger partial charge < -0.3 is 11.1 Å². The molecule has 0 radical (unpaired) electrons. The molecule has 0 bridgehead atoms. The van der Waals surface area contributed by atoms with E-state index < -0.39 is 0 Å². The maximum Gasteiger partial charge on any atom is 0.234 e. The van der Waals surface area contributed by atoms with Crippen LogP contribution >= 0.6 is 0 Å². The maximum absolute atomic E-state index is 13.3. The molecule has 5 nitrogen and oxygen atoms in total. The molecule has 6 heteroatoms. The molecular formula is C20H22FN3O2. The summed E-state index contributed by atoms with van der Waals surface area (Å²) < 4.78 is 13.3. The van der Waals surface area contributed by atoms with E-state index in [0.29, 0.717) is 17.8 Å². The van der Waals surface area contributed by atoms with Crippen molar-refractivity contribution in [3.63, 3.8) is 0 Å². The zero-order valence-electron chi connectivity index (χ0n) is 14.5. The highest BCUT2D eigenvalue weighted by atomic mass is 19.1. The fourth-order valence-electron chi connectivity index (χ4n) is 3.36. The van der Waals surface area contributed by atoms with Crippen molar-refractivity contribution < 1.29 is 14.0 Å². The standard InChI is InChI=1S/C20H22FN3O2/c21-16-7-3-5-14(11-16)12-19(25)23-17-8-2-1-6-15(17)13-24-10-4-9-18(24)20(22)26/h1-3,5-8,11,18H,4,9-10,12-13H2,(H2,22,26)(H,23,25)/t18-/m1/s1. The van der Waals surface area contributed by atoms with Crippen molar-refractivity contribution >= 4 is 17.5 Å². The topological polar surface area (TPSA) is 75.4 Å². The molecule has 2 amide bonds. The van der Waals surface area contributed by atoms with Crippen LogP contribution in [0.1, 0.15) is 24.0 Å². The van der Waals surface area contributed by atoms with Crippen LogP contribution in [0.25, 0.3) is 0 Å². The fourth-order valence-corrected chi connectivity index (χ4v) is 3.36. The number of likely N-dealkylation sites (tertiary alicyclic amines) is 1. The third-order valence-corrected chi connectivity index (χ3v) is 4.61. The molecule has 1 heterocycles. The SMILES string of the molecule is NC(=O)[C@H]1CCCN1Cc1ccccc1NC(=O)Cc1cccc(F)c1. The molecule has 0 aromatic heterocycles. The predicted octanol–water partition coefficient (Wildman–Crippen LogP) is 2.46. The fraction of sp³-hybridized carbons (Fsp3) is 0.300. The first-order valence-electron chi connectivity index (χ1n) is 8.68. The number of anilines is 1. The first-order chi connectivity index (χ1) is 12.5. The van der Waals surface area contributed by atoms with E-state index in [-0.39, 0.29) is 30.1 Å². The number of primary amides is 1. The summed E-state index contributed by atoms with van der Waals surface area (Å²) in [7, 11) is 0. The Balaban J connectivity index is 1.69. The van der Waals surface area contributed by atoms with Gasteiger partial charge in [0.2, 0.25) is 11.8 Å². The summed E-state index contributed by atoms with van der Waals surface area (Å²) in [5, 5.41) is 2.89. The lowest BCUT2D eigenvalue weighted by Crippen LogP contribution is -2.39. The summed E-state index contributed by atoms with van der Waals surface area (Å²) >= 11 is 0. The molecule has 3 rings (SSSR count). The Bertz CT molecular complexity index is 809. The minimum absolute atomic E-state index is 0.0969. The second-order valence-electron chi connectivity index (χ2n) is 6.54. The molecule has 136 valence electrons. The van der Waals surface area contributed by atoms with Gasteiger partial charge in [-0.3, -0.25) is 14.5 Å². The first-order valence-corrected chi connectivity index (χ1v) is 8.68. The number of nitrogens with two attached hydrogens (primary N) is 1. The van der Waals surface area contributed by atoms with E-state index in [1.165, 1.54) is 12.1 Å². The predicted molar refractivity (Wildman–Crippen MR) is 97.8 cm³/mol. The Labute approximate surface area is 152 Å². The van der Waals surface area contributed by atoms with Gasteiger partial charge in [-0.25, -0.2) is 4.39 Å². The van der Waals surface area contributed by atoms with Gasteiger partial charge in [0.1, 0.15) is 5.82 Å². The van der Waals surface area contributed by atoms with Crippen molar-refractivity contribution in [2.75, 3.05) is 11.9 Å². The molecule has 1 aliphatic rings. The molecule has 0 aliphatic carbocycles. The van der Waals surface area contributed by atoms with Crippen molar-refractivity contribution in [1.82, 2.24) is 4.90 Å². The number of nitrogens with zero attached hydrogens (tertiary/aromatic N) is 1. The summed E-state index contributed by atoms with van der Waals surface area (Å²) in [6.45, 7) is 1.35. The number of rotatable bonds is 6. The molecule has 2 aromatic rings. The third-order valence-electron chi connectivity index (χ3n) is 4.61. The van der Waals surface area contributed by atoms with Gasteiger partial charge in [0.05, 0.1) is 12.5 Å². The molecule has 0 spiro atoms. The van der Waals surface area contributed by atoms with Crippen LogP contribution in [-0.2, 0) is 22.6 Å². The molecule has 0 saturated carbocycles.